The fourth-order valence-electron chi connectivity index (χ4n) is 3.52. The van der Waals surface area contributed by atoms with Crippen LogP contribution in [0.3, 0.4) is 0 Å². The van der Waals surface area contributed by atoms with E-state index in [-0.39, 0.29) is 5.82 Å². The number of hydrogen-bond donors (Lipinski definition) is 0. The van der Waals surface area contributed by atoms with E-state index in [1.165, 1.54) is 12.1 Å². The van der Waals surface area contributed by atoms with Crippen molar-refractivity contribution in [1.29, 1.82) is 0 Å². The van der Waals surface area contributed by atoms with Gasteiger partial charge in [0.2, 0.25) is 11.8 Å². The topological polar surface area (TPSA) is 87.5 Å². The lowest BCUT2D eigenvalue weighted by Gasteiger charge is -2.09. The Hall–Kier alpha value is -3.88. The van der Waals surface area contributed by atoms with Gasteiger partial charge in [0.15, 0.2) is 5.65 Å². The first-order valence-corrected chi connectivity index (χ1v) is 9.55. The summed E-state index contributed by atoms with van der Waals surface area (Å²) in [5.41, 5.74) is 2.96. The standard InChI is InChI=1S/C21H18FN7O/c1-3-29-18(12-28-8-7-23-19(28)14-5-4-6-16(22)9-14)25-17-10-15(11-24-20(17)29)21-27-26-13(2)30-21/h4-11H,3,12H2,1-2H3. The van der Waals surface area contributed by atoms with Crippen molar-refractivity contribution < 1.29 is 8.81 Å². The van der Waals surface area contributed by atoms with Gasteiger partial charge in [0.25, 0.3) is 0 Å². The molecule has 0 aliphatic rings. The summed E-state index contributed by atoms with van der Waals surface area (Å²) in [5.74, 6) is 2.12. The summed E-state index contributed by atoms with van der Waals surface area (Å²) in [6.07, 6.45) is 5.27. The number of halogens is 1. The summed E-state index contributed by atoms with van der Waals surface area (Å²) in [6, 6.07) is 8.30. The van der Waals surface area contributed by atoms with Gasteiger partial charge in [-0.2, -0.15) is 0 Å². The summed E-state index contributed by atoms with van der Waals surface area (Å²) in [7, 11) is 0. The van der Waals surface area contributed by atoms with Crippen molar-refractivity contribution >= 4 is 11.2 Å². The van der Waals surface area contributed by atoms with Crippen LogP contribution >= 0.6 is 0 Å². The number of nitrogens with zero attached hydrogens (tertiary/aromatic N) is 7. The van der Waals surface area contributed by atoms with Gasteiger partial charge in [-0.3, -0.25) is 0 Å². The highest BCUT2D eigenvalue weighted by Gasteiger charge is 2.16. The summed E-state index contributed by atoms with van der Waals surface area (Å²) in [6.45, 7) is 4.98. The predicted octanol–water partition coefficient (Wildman–Crippen LogP) is 3.86. The minimum absolute atomic E-state index is 0.296. The van der Waals surface area contributed by atoms with E-state index in [0.29, 0.717) is 36.3 Å². The molecule has 30 heavy (non-hydrogen) atoms. The largest absolute Gasteiger partial charge is 0.421 e. The van der Waals surface area contributed by atoms with Crippen LogP contribution in [0.2, 0.25) is 0 Å². The Bertz CT molecular complexity index is 1350. The summed E-state index contributed by atoms with van der Waals surface area (Å²) >= 11 is 0. The highest BCUT2D eigenvalue weighted by atomic mass is 19.1. The van der Waals surface area contributed by atoms with Crippen LogP contribution in [0.1, 0.15) is 18.6 Å². The Balaban J connectivity index is 1.54. The molecular weight excluding hydrogens is 385 g/mol. The Morgan fingerprint density at radius 1 is 1.10 bits per heavy atom. The van der Waals surface area contributed by atoms with Crippen molar-refractivity contribution in [2.45, 2.75) is 26.9 Å². The molecule has 0 aliphatic heterocycles. The molecule has 0 spiro atoms. The van der Waals surface area contributed by atoms with Gasteiger partial charge < -0.3 is 13.6 Å². The number of benzene rings is 1. The summed E-state index contributed by atoms with van der Waals surface area (Å²) in [4.78, 5) is 13.8. The minimum Gasteiger partial charge on any atom is -0.421 e. The second kappa shape index (κ2) is 7.18. The number of pyridine rings is 1. The van der Waals surface area contributed by atoms with Crippen molar-refractivity contribution in [2.24, 2.45) is 0 Å². The van der Waals surface area contributed by atoms with Gasteiger partial charge >= 0.3 is 0 Å². The van der Waals surface area contributed by atoms with Gasteiger partial charge in [-0.05, 0) is 25.1 Å². The Kier molecular flexibility index (Phi) is 4.35. The van der Waals surface area contributed by atoms with Crippen LogP contribution in [-0.2, 0) is 13.1 Å². The molecule has 0 atom stereocenters. The number of fused-ring (bicyclic) bond motifs is 1. The first-order chi connectivity index (χ1) is 14.6. The highest BCUT2D eigenvalue weighted by molar-refractivity contribution is 5.76. The zero-order valence-electron chi connectivity index (χ0n) is 16.4. The lowest BCUT2D eigenvalue weighted by Crippen LogP contribution is -2.09. The van der Waals surface area contributed by atoms with E-state index in [1.54, 1.807) is 25.4 Å². The monoisotopic (exact) mass is 403 g/mol. The molecule has 0 amide bonds. The zero-order chi connectivity index (χ0) is 20.7. The van der Waals surface area contributed by atoms with Crippen LogP contribution in [0.4, 0.5) is 4.39 Å². The molecule has 5 aromatic rings. The Morgan fingerprint density at radius 2 is 2.00 bits per heavy atom. The molecule has 0 bridgehead atoms. The lowest BCUT2D eigenvalue weighted by atomic mass is 10.2. The third kappa shape index (κ3) is 3.14. The van der Waals surface area contributed by atoms with Crippen molar-refractivity contribution in [3.8, 4) is 22.8 Å². The van der Waals surface area contributed by atoms with Gasteiger partial charge in [0, 0.05) is 37.6 Å². The first kappa shape index (κ1) is 18.2. The number of imidazole rings is 2. The maximum Gasteiger partial charge on any atom is 0.249 e. The molecule has 0 saturated heterocycles. The van der Waals surface area contributed by atoms with E-state index >= 15 is 0 Å². The molecule has 5 rings (SSSR count). The van der Waals surface area contributed by atoms with Crippen LogP contribution in [0.25, 0.3) is 34.0 Å². The van der Waals surface area contributed by atoms with Gasteiger partial charge in [-0.25, -0.2) is 19.3 Å². The van der Waals surface area contributed by atoms with Crippen LogP contribution < -0.4 is 0 Å². The average molecular weight is 403 g/mol. The molecule has 4 aromatic heterocycles. The maximum absolute atomic E-state index is 13.7. The van der Waals surface area contributed by atoms with E-state index in [0.717, 1.165) is 22.6 Å². The van der Waals surface area contributed by atoms with Crippen molar-refractivity contribution in [3.63, 3.8) is 0 Å². The fourth-order valence-corrected chi connectivity index (χ4v) is 3.52. The van der Waals surface area contributed by atoms with Crippen LogP contribution in [-0.4, -0.2) is 34.3 Å². The van der Waals surface area contributed by atoms with Crippen LogP contribution in [0.5, 0.6) is 0 Å². The molecule has 4 heterocycles. The summed E-state index contributed by atoms with van der Waals surface area (Å²) < 4.78 is 23.2. The number of aromatic nitrogens is 7. The normalized spacial score (nSPS) is 11.4. The van der Waals surface area contributed by atoms with Crippen LogP contribution in [0.15, 0.2) is 53.3 Å². The quantitative estimate of drug-likeness (QED) is 0.443. The third-order valence-electron chi connectivity index (χ3n) is 4.86. The molecule has 1 aromatic carbocycles. The van der Waals surface area contributed by atoms with Crippen molar-refractivity contribution in [1.82, 2.24) is 34.3 Å². The molecule has 150 valence electrons. The van der Waals surface area contributed by atoms with Gasteiger partial charge in [-0.1, -0.05) is 12.1 Å². The Morgan fingerprint density at radius 3 is 2.77 bits per heavy atom. The Labute approximate surface area is 171 Å². The second-order valence-electron chi connectivity index (χ2n) is 6.85. The first-order valence-electron chi connectivity index (χ1n) is 9.55. The molecule has 0 saturated carbocycles. The maximum atomic E-state index is 13.7. The lowest BCUT2D eigenvalue weighted by molar-refractivity contribution is 0.532. The van der Waals surface area contributed by atoms with E-state index in [9.17, 15) is 4.39 Å². The SMILES string of the molecule is CCn1c(Cn2ccnc2-c2cccc(F)c2)nc2cc(-c3nnc(C)o3)cnc21. The van der Waals surface area contributed by atoms with E-state index in [2.05, 4.69) is 20.2 Å². The van der Waals surface area contributed by atoms with Gasteiger partial charge in [-0.15, -0.1) is 10.2 Å². The molecule has 0 unspecified atom stereocenters. The molecule has 0 aliphatic carbocycles. The van der Waals surface area contributed by atoms with E-state index < -0.39 is 0 Å². The van der Waals surface area contributed by atoms with E-state index in [4.69, 9.17) is 9.40 Å². The zero-order valence-corrected chi connectivity index (χ0v) is 16.4. The van der Waals surface area contributed by atoms with Gasteiger partial charge in [0.05, 0.1) is 12.1 Å². The van der Waals surface area contributed by atoms with Crippen LogP contribution in [0, 0.1) is 12.7 Å². The number of aryl methyl sites for hydroxylation is 2. The minimum atomic E-state index is -0.296. The molecule has 0 radical (unpaired) electrons. The molecular formula is C21H18FN7O. The molecule has 8 nitrogen and oxygen atoms in total. The van der Waals surface area contributed by atoms with E-state index in [1.807, 2.05) is 34.4 Å². The summed E-state index contributed by atoms with van der Waals surface area (Å²) in [5, 5.41) is 7.92. The third-order valence-corrected chi connectivity index (χ3v) is 4.86. The predicted molar refractivity (Wildman–Crippen MR) is 108 cm³/mol. The molecule has 0 fully saturated rings. The average Bonchev–Trinajstić information content (AvgIpc) is 3.45. The number of rotatable bonds is 5. The molecule has 9 heteroatoms. The highest BCUT2D eigenvalue weighted by Crippen LogP contribution is 2.24. The molecule has 0 N–H and O–H groups in total. The van der Waals surface area contributed by atoms with Gasteiger partial charge in [0.1, 0.15) is 23.0 Å². The van der Waals surface area contributed by atoms with Crippen molar-refractivity contribution in [3.05, 3.63) is 66.5 Å². The van der Waals surface area contributed by atoms with Crippen molar-refractivity contribution in [2.75, 3.05) is 0 Å². The number of hydrogen-bond acceptors (Lipinski definition) is 6. The fraction of sp³-hybridized carbons (Fsp3) is 0.190. The second-order valence-corrected chi connectivity index (χ2v) is 6.85. The smallest absolute Gasteiger partial charge is 0.249 e.